The zero-order chi connectivity index (χ0) is 16.2. The van der Waals surface area contributed by atoms with Crippen LogP contribution in [0.5, 0.6) is 0 Å². The van der Waals surface area contributed by atoms with Crippen LogP contribution in [0.2, 0.25) is 0 Å². The van der Waals surface area contributed by atoms with E-state index in [-0.39, 0.29) is 0 Å². The maximum atomic E-state index is 4.51. The van der Waals surface area contributed by atoms with Gasteiger partial charge in [-0.05, 0) is 18.4 Å². The lowest BCUT2D eigenvalue weighted by Gasteiger charge is -2.32. The summed E-state index contributed by atoms with van der Waals surface area (Å²) in [5.41, 5.74) is 2.58. The largest absolute Gasteiger partial charge is 0.334 e. The van der Waals surface area contributed by atoms with E-state index in [4.69, 9.17) is 0 Å². The molecule has 0 saturated carbocycles. The van der Waals surface area contributed by atoms with Gasteiger partial charge < -0.3 is 4.57 Å². The molecule has 2 aromatic heterocycles. The molecule has 1 saturated heterocycles. The van der Waals surface area contributed by atoms with Gasteiger partial charge in [-0.2, -0.15) is 5.10 Å². The average molecular weight is 321 g/mol. The molecule has 1 aliphatic heterocycles. The van der Waals surface area contributed by atoms with Gasteiger partial charge in [0.15, 0.2) is 0 Å². The molecule has 1 aromatic carbocycles. The lowest BCUT2D eigenvalue weighted by Crippen LogP contribution is -2.33. The molecule has 5 nitrogen and oxygen atoms in total. The Balaban J connectivity index is 1.30. The smallest absolute Gasteiger partial charge is 0.0948 e. The summed E-state index contributed by atoms with van der Waals surface area (Å²) in [4.78, 5) is 6.68. The molecule has 0 atom stereocenters. The van der Waals surface area contributed by atoms with Gasteiger partial charge in [0, 0.05) is 49.8 Å². The first-order chi connectivity index (χ1) is 11.9. The molecule has 4 rings (SSSR count). The van der Waals surface area contributed by atoms with Crippen LogP contribution in [0.4, 0.5) is 0 Å². The third-order valence-electron chi connectivity index (χ3n) is 4.78. The monoisotopic (exact) mass is 321 g/mol. The number of hydrogen-bond acceptors (Lipinski definition) is 3. The van der Waals surface area contributed by atoms with Crippen molar-refractivity contribution in [3.8, 4) is 0 Å². The fraction of sp³-hybridized carbons (Fsp3) is 0.368. The van der Waals surface area contributed by atoms with E-state index in [0.29, 0.717) is 6.04 Å². The number of nitrogens with zero attached hydrogens (tertiary/aromatic N) is 5. The van der Waals surface area contributed by atoms with E-state index in [1.807, 2.05) is 29.5 Å². The number of hydrogen-bond donors (Lipinski definition) is 0. The molecule has 0 radical (unpaired) electrons. The number of piperidine rings is 1. The Morgan fingerprint density at radius 2 is 1.83 bits per heavy atom. The van der Waals surface area contributed by atoms with Gasteiger partial charge in [-0.25, -0.2) is 4.98 Å². The number of imidazole rings is 1. The van der Waals surface area contributed by atoms with Crippen LogP contribution in [0.25, 0.3) is 0 Å². The second kappa shape index (κ2) is 7.01. The molecule has 124 valence electrons. The summed E-state index contributed by atoms with van der Waals surface area (Å²) in [6, 6.07) is 11.1. The molecule has 3 aromatic rings. The van der Waals surface area contributed by atoms with Gasteiger partial charge in [0.1, 0.15) is 0 Å². The molecular formula is C19H23N5. The van der Waals surface area contributed by atoms with Gasteiger partial charge in [-0.3, -0.25) is 9.58 Å². The van der Waals surface area contributed by atoms with Crippen molar-refractivity contribution in [2.45, 2.75) is 32.0 Å². The number of likely N-dealkylation sites (tertiary alicyclic amines) is 1. The predicted molar refractivity (Wildman–Crippen MR) is 93.5 cm³/mol. The minimum absolute atomic E-state index is 0.601. The highest BCUT2D eigenvalue weighted by atomic mass is 15.3. The van der Waals surface area contributed by atoms with Crippen molar-refractivity contribution in [2.24, 2.45) is 0 Å². The van der Waals surface area contributed by atoms with Crippen LogP contribution in [0.3, 0.4) is 0 Å². The molecule has 0 spiro atoms. The quantitative estimate of drug-likeness (QED) is 0.725. The van der Waals surface area contributed by atoms with Gasteiger partial charge in [0.05, 0.1) is 19.1 Å². The van der Waals surface area contributed by atoms with E-state index >= 15 is 0 Å². The maximum absolute atomic E-state index is 4.51. The van der Waals surface area contributed by atoms with Crippen molar-refractivity contribution >= 4 is 0 Å². The number of rotatable bonds is 5. The van der Waals surface area contributed by atoms with E-state index in [2.05, 4.69) is 56.2 Å². The van der Waals surface area contributed by atoms with Crippen LogP contribution >= 0.6 is 0 Å². The lowest BCUT2D eigenvalue weighted by molar-refractivity contribution is 0.179. The van der Waals surface area contributed by atoms with E-state index in [1.165, 1.54) is 24.0 Å². The summed E-state index contributed by atoms with van der Waals surface area (Å²) in [5.74, 6) is 0. The molecule has 0 unspecified atom stereocenters. The fourth-order valence-electron chi connectivity index (χ4n) is 3.46. The summed E-state index contributed by atoms with van der Waals surface area (Å²) in [5, 5.41) is 4.51. The molecule has 3 heterocycles. The first-order valence-corrected chi connectivity index (χ1v) is 8.62. The Kier molecular flexibility index (Phi) is 4.42. The van der Waals surface area contributed by atoms with Crippen LogP contribution < -0.4 is 0 Å². The zero-order valence-corrected chi connectivity index (χ0v) is 13.8. The van der Waals surface area contributed by atoms with E-state index in [9.17, 15) is 0 Å². The van der Waals surface area contributed by atoms with Crippen molar-refractivity contribution < 1.29 is 0 Å². The molecule has 24 heavy (non-hydrogen) atoms. The van der Waals surface area contributed by atoms with Gasteiger partial charge in [0.25, 0.3) is 0 Å². The second-order valence-corrected chi connectivity index (χ2v) is 6.55. The first-order valence-electron chi connectivity index (χ1n) is 8.62. The van der Waals surface area contributed by atoms with Gasteiger partial charge in [0.2, 0.25) is 0 Å². The normalized spacial score (nSPS) is 16.5. The molecule has 0 amide bonds. The molecular weight excluding hydrogens is 298 g/mol. The number of aromatic nitrogens is 4. The minimum atomic E-state index is 0.601. The Labute approximate surface area is 142 Å². The highest BCUT2D eigenvalue weighted by Gasteiger charge is 2.20. The van der Waals surface area contributed by atoms with E-state index in [1.54, 1.807) is 0 Å². The SMILES string of the molecule is c1ccc(Cn2cc(CN3CCC(n4ccnc4)CC3)cn2)cc1. The van der Waals surface area contributed by atoms with E-state index < -0.39 is 0 Å². The Hall–Kier alpha value is -2.40. The summed E-state index contributed by atoms with van der Waals surface area (Å²) < 4.78 is 4.28. The first kappa shape index (κ1) is 15.1. The van der Waals surface area contributed by atoms with Crippen LogP contribution in [-0.2, 0) is 13.1 Å². The summed E-state index contributed by atoms with van der Waals surface area (Å²) in [6.07, 6.45) is 12.4. The third kappa shape index (κ3) is 3.57. The highest BCUT2D eigenvalue weighted by Crippen LogP contribution is 2.23. The molecule has 1 aliphatic rings. The topological polar surface area (TPSA) is 38.9 Å². The lowest BCUT2D eigenvalue weighted by atomic mass is 10.0. The second-order valence-electron chi connectivity index (χ2n) is 6.55. The van der Waals surface area contributed by atoms with Crippen molar-refractivity contribution in [1.29, 1.82) is 0 Å². The highest BCUT2D eigenvalue weighted by molar-refractivity contribution is 5.15. The van der Waals surface area contributed by atoms with Gasteiger partial charge >= 0.3 is 0 Å². The van der Waals surface area contributed by atoms with Gasteiger partial charge in [-0.1, -0.05) is 30.3 Å². The molecule has 0 bridgehead atoms. The summed E-state index contributed by atoms with van der Waals surface area (Å²) in [7, 11) is 0. The Morgan fingerprint density at radius 1 is 1.00 bits per heavy atom. The maximum Gasteiger partial charge on any atom is 0.0948 e. The fourth-order valence-corrected chi connectivity index (χ4v) is 3.46. The molecule has 1 fully saturated rings. The number of benzene rings is 1. The third-order valence-corrected chi connectivity index (χ3v) is 4.78. The molecule has 5 heteroatoms. The minimum Gasteiger partial charge on any atom is -0.334 e. The average Bonchev–Trinajstić information content (AvgIpc) is 3.29. The zero-order valence-electron chi connectivity index (χ0n) is 13.8. The van der Waals surface area contributed by atoms with Crippen LogP contribution in [0.15, 0.2) is 61.4 Å². The van der Waals surface area contributed by atoms with Crippen LogP contribution in [0.1, 0.15) is 30.0 Å². The van der Waals surface area contributed by atoms with Crippen molar-refractivity contribution in [3.05, 3.63) is 72.6 Å². The van der Waals surface area contributed by atoms with Crippen molar-refractivity contribution in [1.82, 2.24) is 24.2 Å². The standard InChI is InChI=1S/C19H23N5/c1-2-4-17(5-3-1)14-24-15-18(12-21-24)13-22-9-6-19(7-10-22)23-11-8-20-16-23/h1-5,8,11-12,15-16,19H,6-7,9-10,13-14H2. The summed E-state index contributed by atoms with van der Waals surface area (Å²) in [6.45, 7) is 4.09. The van der Waals surface area contributed by atoms with E-state index in [0.717, 1.165) is 26.2 Å². The van der Waals surface area contributed by atoms with Crippen LogP contribution in [-0.4, -0.2) is 37.3 Å². The summed E-state index contributed by atoms with van der Waals surface area (Å²) >= 11 is 0. The van der Waals surface area contributed by atoms with Crippen LogP contribution in [0, 0.1) is 0 Å². The molecule has 0 aliphatic carbocycles. The van der Waals surface area contributed by atoms with Crippen molar-refractivity contribution in [3.63, 3.8) is 0 Å². The van der Waals surface area contributed by atoms with Gasteiger partial charge in [-0.15, -0.1) is 0 Å². The predicted octanol–water partition coefficient (Wildman–Crippen LogP) is 2.97. The Morgan fingerprint density at radius 3 is 2.58 bits per heavy atom. The Bertz CT molecular complexity index is 739. The molecule has 0 N–H and O–H groups in total. The van der Waals surface area contributed by atoms with Crippen molar-refractivity contribution in [2.75, 3.05) is 13.1 Å².